The third-order valence-corrected chi connectivity index (χ3v) is 4.44. The predicted molar refractivity (Wildman–Crippen MR) is 90.4 cm³/mol. The van der Waals surface area contributed by atoms with Crippen molar-refractivity contribution in [2.24, 2.45) is 11.7 Å². The number of nitrogens with one attached hydrogen (secondary N) is 2. The molecule has 1 rings (SSSR count). The fourth-order valence-corrected chi connectivity index (χ4v) is 2.79. The number of hydrogen-bond donors (Lipinski definition) is 4. The molecule has 0 saturated carbocycles. The van der Waals surface area contributed by atoms with Gasteiger partial charge < -0.3 is 26.4 Å². The van der Waals surface area contributed by atoms with Gasteiger partial charge in [-0.25, -0.2) is 0 Å². The molecule has 4 unspecified atom stereocenters. The lowest BCUT2D eigenvalue weighted by Gasteiger charge is -2.29. The van der Waals surface area contributed by atoms with Crippen LogP contribution < -0.4 is 16.4 Å². The first-order valence-corrected chi connectivity index (χ1v) is 8.54. The summed E-state index contributed by atoms with van der Waals surface area (Å²) in [5.41, 5.74) is 5.62. The maximum atomic E-state index is 12.6. The molecule has 4 atom stereocenters. The summed E-state index contributed by atoms with van der Waals surface area (Å²) in [7, 11) is 0. The molecule has 9 heteroatoms. The normalized spacial score (nSPS) is 20.5. The first-order chi connectivity index (χ1) is 11.7. The molecule has 142 valence electrons. The number of nitrogens with two attached hydrogens (primary N) is 1. The molecule has 25 heavy (non-hydrogen) atoms. The van der Waals surface area contributed by atoms with E-state index in [1.807, 2.05) is 6.92 Å². The molecule has 1 fully saturated rings. The van der Waals surface area contributed by atoms with Crippen LogP contribution in [0.3, 0.4) is 0 Å². The Labute approximate surface area is 147 Å². The number of carbonyl (C=O) groups is 4. The summed E-state index contributed by atoms with van der Waals surface area (Å²) in [6.07, 6.45) is 1.82. The number of rotatable bonds is 8. The van der Waals surface area contributed by atoms with E-state index in [0.717, 1.165) is 0 Å². The van der Waals surface area contributed by atoms with Crippen molar-refractivity contribution in [3.63, 3.8) is 0 Å². The van der Waals surface area contributed by atoms with Crippen LogP contribution in [0, 0.1) is 5.92 Å². The van der Waals surface area contributed by atoms with E-state index in [0.29, 0.717) is 25.8 Å². The van der Waals surface area contributed by atoms with E-state index in [2.05, 4.69) is 10.6 Å². The Balaban J connectivity index is 2.81. The van der Waals surface area contributed by atoms with Gasteiger partial charge in [-0.1, -0.05) is 20.3 Å². The van der Waals surface area contributed by atoms with Gasteiger partial charge in [-0.2, -0.15) is 0 Å². The van der Waals surface area contributed by atoms with Gasteiger partial charge in [0.1, 0.15) is 18.6 Å². The van der Waals surface area contributed by atoms with Crippen molar-refractivity contribution < 1.29 is 24.3 Å². The maximum Gasteiger partial charge on any atom is 0.322 e. The second kappa shape index (κ2) is 9.36. The van der Waals surface area contributed by atoms with E-state index >= 15 is 0 Å². The number of carboxylic acid groups (broad SMARTS) is 1. The summed E-state index contributed by atoms with van der Waals surface area (Å²) < 4.78 is 0. The van der Waals surface area contributed by atoms with Crippen molar-refractivity contribution in [1.29, 1.82) is 0 Å². The molecular weight excluding hydrogens is 328 g/mol. The Morgan fingerprint density at radius 3 is 2.44 bits per heavy atom. The van der Waals surface area contributed by atoms with Crippen LogP contribution in [0.25, 0.3) is 0 Å². The van der Waals surface area contributed by atoms with Crippen LogP contribution in [0.2, 0.25) is 0 Å². The summed E-state index contributed by atoms with van der Waals surface area (Å²) in [6, 6.07) is -2.21. The van der Waals surface area contributed by atoms with Crippen LogP contribution in [-0.2, 0) is 19.2 Å². The molecule has 0 spiro atoms. The van der Waals surface area contributed by atoms with Gasteiger partial charge in [-0.15, -0.1) is 0 Å². The van der Waals surface area contributed by atoms with E-state index < -0.39 is 42.5 Å². The minimum absolute atomic E-state index is 0.184. The highest BCUT2D eigenvalue weighted by Crippen LogP contribution is 2.19. The van der Waals surface area contributed by atoms with Crippen LogP contribution >= 0.6 is 0 Å². The van der Waals surface area contributed by atoms with Gasteiger partial charge in [0.25, 0.3) is 0 Å². The second-order valence-electron chi connectivity index (χ2n) is 6.46. The summed E-state index contributed by atoms with van der Waals surface area (Å²) in [6.45, 7) is 5.18. The number of nitrogens with zero attached hydrogens (tertiary/aromatic N) is 1. The standard InChI is InChI=1S/C16H28N4O5/c1-4-9(2)13(15(24)18-8-12(21)22)19-14(23)11-6-5-7-20(11)16(25)10(3)17/h9-11,13H,4-8,17H2,1-3H3,(H,18,24)(H,19,23)(H,21,22). The molecule has 0 radical (unpaired) electrons. The monoisotopic (exact) mass is 356 g/mol. The van der Waals surface area contributed by atoms with Crippen LogP contribution in [0.4, 0.5) is 0 Å². The number of likely N-dealkylation sites (tertiary alicyclic amines) is 1. The van der Waals surface area contributed by atoms with Crippen molar-refractivity contribution in [3.8, 4) is 0 Å². The van der Waals surface area contributed by atoms with Crippen molar-refractivity contribution in [1.82, 2.24) is 15.5 Å². The van der Waals surface area contributed by atoms with Gasteiger partial charge in [0, 0.05) is 6.54 Å². The summed E-state index contributed by atoms with van der Waals surface area (Å²) in [5.74, 6) is -2.60. The lowest BCUT2D eigenvalue weighted by atomic mass is 9.97. The van der Waals surface area contributed by atoms with E-state index in [-0.39, 0.29) is 11.8 Å². The van der Waals surface area contributed by atoms with Crippen LogP contribution in [0.1, 0.15) is 40.0 Å². The fourth-order valence-electron chi connectivity index (χ4n) is 2.79. The molecule has 0 aromatic heterocycles. The number of carbonyl (C=O) groups excluding carboxylic acids is 3. The second-order valence-corrected chi connectivity index (χ2v) is 6.46. The molecular formula is C16H28N4O5. The Kier molecular flexibility index (Phi) is 7.82. The van der Waals surface area contributed by atoms with E-state index in [4.69, 9.17) is 10.8 Å². The fraction of sp³-hybridized carbons (Fsp3) is 0.750. The SMILES string of the molecule is CCC(C)C(NC(=O)C1CCCN1C(=O)C(C)N)C(=O)NCC(=O)O. The summed E-state index contributed by atoms with van der Waals surface area (Å²) in [4.78, 5) is 49.0. The molecule has 9 nitrogen and oxygen atoms in total. The molecule has 1 heterocycles. The van der Waals surface area contributed by atoms with E-state index in [9.17, 15) is 19.2 Å². The Morgan fingerprint density at radius 1 is 1.28 bits per heavy atom. The maximum absolute atomic E-state index is 12.6. The number of hydrogen-bond acceptors (Lipinski definition) is 5. The van der Waals surface area contributed by atoms with Crippen LogP contribution in [0.5, 0.6) is 0 Å². The minimum atomic E-state index is -1.16. The van der Waals surface area contributed by atoms with Crippen molar-refractivity contribution in [2.75, 3.05) is 13.1 Å². The Bertz CT molecular complexity index is 523. The highest BCUT2D eigenvalue weighted by Gasteiger charge is 2.37. The average Bonchev–Trinajstić information content (AvgIpc) is 3.05. The van der Waals surface area contributed by atoms with Crippen LogP contribution in [0.15, 0.2) is 0 Å². The van der Waals surface area contributed by atoms with E-state index in [1.54, 1.807) is 13.8 Å². The third kappa shape index (κ3) is 5.70. The van der Waals surface area contributed by atoms with Gasteiger partial charge in [0.05, 0.1) is 6.04 Å². The van der Waals surface area contributed by atoms with Gasteiger partial charge in [0.2, 0.25) is 17.7 Å². The van der Waals surface area contributed by atoms with Gasteiger partial charge in [-0.3, -0.25) is 19.2 Å². The molecule has 0 bridgehead atoms. The predicted octanol–water partition coefficient (Wildman–Crippen LogP) is -0.944. The zero-order chi connectivity index (χ0) is 19.1. The Morgan fingerprint density at radius 2 is 1.92 bits per heavy atom. The van der Waals surface area contributed by atoms with Gasteiger partial charge in [-0.05, 0) is 25.7 Å². The van der Waals surface area contributed by atoms with Crippen LogP contribution in [-0.4, -0.2) is 64.9 Å². The lowest BCUT2D eigenvalue weighted by molar-refractivity contribution is -0.141. The first kappa shape index (κ1) is 20.9. The molecule has 1 aliphatic rings. The average molecular weight is 356 g/mol. The van der Waals surface area contributed by atoms with Gasteiger partial charge >= 0.3 is 5.97 Å². The largest absolute Gasteiger partial charge is 0.480 e. The summed E-state index contributed by atoms with van der Waals surface area (Å²) >= 11 is 0. The van der Waals surface area contributed by atoms with Crippen molar-refractivity contribution in [2.45, 2.75) is 58.2 Å². The number of carboxylic acids is 1. The molecule has 1 saturated heterocycles. The lowest BCUT2D eigenvalue weighted by Crippen LogP contribution is -2.56. The van der Waals surface area contributed by atoms with Crippen molar-refractivity contribution >= 4 is 23.7 Å². The molecule has 0 aromatic carbocycles. The highest BCUT2D eigenvalue weighted by molar-refractivity contribution is 5.94. The first-order valence-electron chi connectivity index (χ1n) is 8.54. The molecule has 0 aromatic rings. The molecule has 3 amide bonds. The van der Waals surface area contributed by atoms with Crippen molar-refractivity contribution in [3.05, 3.63) is 0 Å². The smallest absolute Gasteiger partial charge is 0.322 e. The minimum Gasteiger partial charge on any atom is -0.480 e. The number of amides is 3. The zero-order valence-electron chi connectivity index (χ0n) is 14.9. The molecule has 1 aliphatic heterocycles. The number of aliphatic carboxylic acids is 1. The molecule has 5 N–H and O–H groups in total. The van der Waals surface area contributed by atoms with E-state index in [1.165, 1.54) is 4.90 Å². The summed E-state index contributed by atoms with van der Waals surface area (Å²) in [5, 5.41) is 13.7. The van der Waals surface area contributed by atoms with Gasteiger partial charge in [0.15, 0.2) is 0 Å². The highest BCUT2D eigenvalue weighted by atomic mass is 16.4. The molecule has 0 aliphatic carbocycles. The topological polar surface area (TPSA) is 142 Å². The third-order valence-electron chi connectivity index (χ3n) is 4.44. The zero-order valence-corrected chi connectivity index (χ0v) is 14.9. The quantitative estimate of drug-likeness (QED) is 0.442. The Hall–Kier alpha value is -2.16.